The average Bonchev–Trinajstić information content (AvgIpc) is 3.35. The Kier molecular flexibility index (Phi) is 11.3. The Morgan fingerprint density at radius 1 is 0.529 bits per heavy atom. The summed E-state index contributed by atoms with van der Waals surface area (Å²) in [7, 11) is 0. The van der Waals surface area contributed by atoms with Crippen LogP contribution in [0.2, 0.25) is 6.32 Å². The van der Waals surface area contributed by atoms with Gasteiger partial charge in [0.05, 0.1) is 5.69 Å². The molecule has 0 unspecified atom stereocenters. The third kappa shape index (κ3) is 7.28. The maximum atomic E-state index is 17.4. The van der Waals surface area contributed by atoms with Gasteiger partial charge in [0.2, 0.25) is 13.4 Å². The van der Waals surface area contributed by atoms with E-state index >= 15 is 8.78 Å². The third-order valence-corrected chi connectivity index (χ3v) is 16.6. The molecule has 2 nitrogen and oxygen atoms in total. The molecule has 0 amide bonds. The second-order valence-corrected chi connectivity index (χ2v) is 23.1. The SMILES string of the molecule is CCB1c2cc(C(C)(C)C)ccc2N(c2c(F)cccc2F)c2c1c1c3c(c2-c2c(-c4ccccc4)cccc2-c2ccccc2)Sc2ccccc2B3c2cc(C(C)(C)C)ccc2N1[C@H](C)C(C)C. The van der Waals surface area contributed by atoms with E-state index in [1.807, 2.05) is 16.7 Å². The van der Waals surface area contributed by atoms with Crippen LogP contribution in [-0.2, 0) is 10.8 Å². The number of nitrogens with zero attached hydrogens (tertiary/aromatic N) is 2. The molecule has 0 fully saturated rings. The number of rotatable bonds is 7. The molecule has 0 aromatic heterocycles. The zero-order valence-electron chi connectivity index (χ0n) is 42.1. The number of hydrogen-bond donors (Lipinski definition) is 0. The van der Waals surface area contributed by atoms with Crippen molar-refractivity contribution in [3.05, 3.63) is 180 Å². The standard InChI is InChI=1S/C63H60B2F2N2S/c1-11-64-47-36-42(62(5,6)7)32-34-51(47)69(58-49(66)29-21-30-50(58)67)59-55(54-44(40-22-14-12-15-23-40)26-20-27-45(54)41-24-16-13-17-25-41)61-57-60(56(59)64)68(39(4)38(2)3)52-35-33-43(63(8,9)10)37-48(52)65(57)46-28-18-19-31-53(46)70-61/h12-39H,11H2,1-10H3/t39-/m1/s1. The smallest absolute Gasteiger partial charge is 0.249 e. The monoisotopic (exact) mass is 936 g/mol. The van der Waals surface area contributed by atoms with Crippen LogP contribution >= 0.6 is 11.8 Å². The maximum absolute atomic E-state index is 17.4. The minimum Gasteiger partial charge on any atom is -0.340 e. The molecule has 70 heavy (non-hydrogen) atoms. The summed E-state index contributed by atoms with van der Waals surface area (Å²) < 4.78 is 34.9. The second kappa shape index (κ2) is 17.2. The highest BCUT2D eigenvalue weighted by Gasteiger charge is 2.50. The summed E-state index contributed by atoms with van der Waals surface area (Å²) in [6, 6.07) is 55.2. The lowest BCUT2D eigenvalue weighted by atomic mass is 9.31. The highest BCUT2D eigenvalue weighted by atomic mass is 32.2. The first-order chi connectivity index (χ1) is 33.6. The first-order valence-corrected chi connectivity index (χ1v) is 26.0. The minimum absolute atomic E-state index is 0.0522. The van der Waals surface area contributed by atoms with Gasteiger partial charge in [-0.1, -0.05) is 219 Å². The van der Waals surface area contributed by atoms with Crippen molar-refractivity contribution in [2.75, 3.05) is 9.80 Å². The summed E-state index contributed by atoms with van der Waals surface area (Å²) in [5.41, 5.74) is 18.5. The van der Waals surface area contributed by atoms with Crippen molar-refractivity contribution < 1.29 is 8.78 Å². The number of benzene rings is 8. The molecule has 0 saturated heterocycles. The van der Waals surface area contributed by atoms with Crippen molar-refractivity contribution in [3.63, 3.8) is 0 Å². The molecule has 8 aromatic carbocycles. The fourth-order valence-electron chi connectivity index (χ4n) is 11.6. The van der Waals surface area contributed by atoms with Crippen LogP contribution in [0, 0.1) is 17.6 Å². The van der Waals surface area contributed by atoms with Crippen molar-refractivity contribution >= 4 is 80.9 Å². The van der Waals surface area contributed by atoms with Crippen molar-refractivity contribution in [1.82, 2.24) is 0 Å². The molecular formula is C63H60B2F2N2S. The third-order valence-electron chi connectivity index (χ3n) is 15.4. The molecular weight excluding hydrogens is 876 g/mol. The second-order valence-electron chi connectivity index (χ2n) is 22.0. The zero-order chi connectivity index (χ0) is 49.0. The largest absolute Gasteiger partial charge is 0.340 e. The van der Waals surface area contributed by atoms with Gasteiger partial charge in [-0.25, -0.2) is 8.78 Å². The topological polar surface area (TPSA) is 6.48 Å². The van der Waals surface area contributed by atoms with Gasteiger partial charge in [0.1, 0.15) is 17.3 Å². The van der Waals surface area contributed by atoms with E-state index in [4.69, 9.17) is 0 Å². The van der Waals surface area contributed by atoms with Gasteiger partial charge in [0.15, 0.2) is 0 Å². The van der Waals surface area contributed by atoms with Crippen LogP contribution in [0.15, 0.2) is 168 Å². The van der Waals surface area contributed by atoms with Crippen molar-refractivity contribution in [2.45, 2.75) is 102 Å². The lowest BCUT2D eigenvalue weighted by molar-refractivity contribution is 0.519. The van der Waals surface area contributed by atoms with E-state index in [-0.39, 0.29) is 41.9 Å². The molecule has 8 aromatic rings. The fraction of sp³-hybridized carbons (Fsp3) is 0.238. The number of fused-ring (bicyclic) bond motifs is 7. The summed E-state index contributed by atoms with van der Waals surface area (Å²) >= 11 is 1.82. The van der Waals surface area contributed by atoms with E-state index in [0.717, 1.165) is 72.6 Å². The minimum atomic E-state index is -0.605. The maximum Gasteiger partial charge on any atom is 0.249 e. The van der Waals surface area contributed by atoms with Gasteiger partial charge >= 0.3 is 0 Å². The molecule has 11 rings (SSSR count). The van der Waals surface area contributed by atoms with E-state index in [1.54, 1.807) is 0 Å². The Hall–Kier alpha value is -6.30. The quantitative estimate of drug-likeness (QED) is 0.147. The predicted octanol–water partition coefficient (Wildman–Crippen LogP) is 14.4. The summed E-state index contributed by atoms with van der Waals surface area (Å²) in [5.74, 6) is -0.952. The van der Waals surface area contributed by atoms with Crippen LogP contribution < -0.4 is 37.1 Å². The molecule has 1 atom stereocenters. The van der Waals surface area contributed by atoms with E-state index in [0.29, 0.717) is 0 Å². The van der Waals surface area contributed by atoms with Gasteiger partial charge in [-0.2, -0.15) is 0 Å². The van der Waals surface area contributed by atoms with Gasteiger partial charge in [0.25, 0.3) is 0 Å². The highest BCUT2D eigenvalue weighted by molar-refractivity contribution is 8.00. The Morgan fingerprint density at radius 2 is 1.07 bits per heavy atom. The molecule has 3 heterocycles. The van der Waals surface area contributed by atoms with Crippen LogP contribution in [0.25, 0.3) is 33.4 Å². The van der Waals surface area contributed by atoms with Gasteiger partial charge in [0, 0.05) is 44.0 Å². The summed E-state index contributed by atoms with van der Waals surface area (Å²) in [4.78, 5) is 6.96. The lowest BCUT2D eigenvalue weighted by Crippen LogP contribution is -2.65. The molecule has 0 N–H and O–H groups in total. The van der Waals surface area contributed by atoms with Gasteiger partial charge in [-0.3, -0.25) is 0 Å². The molecule has 0 saturated carbocycles. The first kappa shape index (κ1) is 46.1. The van der Waals surface area contributed by atoms with Crippen molar-refractivity contribution in [3.8, 4) is 33.4 Å². The Balaban J connectivity index is 1.43. The number of para-hydroxylation sites is 1. The molecule has 3 aliphatic heterocycles. The van der Waals surface area contributed by atoms with Crippen LogP contribution in [-0.4, -0.2) is 19.5 Å². The summed E-state index contributed by atoms with van der Waals surface area (Å²) in [5, 5.41) is 0. The Labute approximate surface area is 419 Å². The zero-order valence-corrected chi connectivity index (χ0v) is 42.9. The van der Waals surface area contributed by atoms with Crippen LogP contribution in [0.1, 0.15) is 80.4 Å². The van der Waals surface area contributed by atoms with Crippen LogP contribution in [0.3, 0.4) is 0 Å². The van der Waals surface area contributed by atoms with Crippen molar-refractivity contribution in [1.29, 1.82) is 0 Å². The number of hydrogen-bond acceptors (Lipinski definition) is 3. The van der Waals surface area contributed by atoms with Crippen LogP contribution in [0.5, 0.6) is 0 Å². The van der Waals surface area contributed by atoms with Crippen LogP contribution in [0.4, 0.5) is 37.2 Å². The highest BCUT2D eigenvalue weighted by Crippen LogP contribution is 2.56. The summed E-state index contributed by atoms with van der Waals surface area (Å²) in [6.07, 6.45) is 0.770. The summed E-state index contributed by atoms with van der Waals surface area (Å²) in [6.45, 7) is 22.7. The molecule has 0 radical (unpaired) electrons. The molecule has 0 bridgehead atoms. The molecule has 3 aliphatic rings. The van der Waals surface area contributed by atoms with Crippen molar-refractivity contribution in [2.24, 2.45) is 5.92 Å². The number of halogens is 2. The number of anilines is 5. The van der Waals surface area contributed by atoms with Gasteiger partial charge in [-0.15, -0.1) is 0 Å². The van der Waals surface area contributed by atoms with E-state index in [2.05, 4.69) is 214 Å². The van der Waals surface area contributed by atoms with E-state index in [9.17, 15) is 0 Å². The Bertz CT molecular complexity index is 3280. The van der Waals surface area contributed by atoms with E-state index < -0.39 is 11.6 Å². The average molecular weight is 937 g/mol. The fourth-order valence-corrected chi connectivity index (χ4v) is 12.9. The molecule has 7 heteroatoms. The van der Waals surface area contributed by atoms with Gasteiger partial charge in [-0.05, 0) is 104 Å². The normalized spacial score (nSPS) is 14.2. The lowest BCUT2D eigenvalue weighted by Gasteiger charge is -2.50. The molecule has 0 aliphatic carbocycles. The Morgan fingerprint density at radius 3 is 1.64 bits per heavy atom. The molecule has 348 valence electrons. The van der Waals surface area contributed by atoms with E-state index in [1.165, 1.54) is 56.3 Å². The first-order valence-electron chi connectivity index (χ1n) is 25.1. The molecule has 0 spiro atoms. The predicted molar refractivity (Wildman–Crippen MR) is 298 cm³/mol. The van der Waals surface area contributed by atoms with Gasteiger partial charge < -0.3 is 9.80 Å².